The number of aliphatic hydroxyl groups is 1. The van der Waals surface area contributed by atoms with Gasteiger partial charge in [-0.15, -0.1) is 0 Å². The summed E-state index contributed by atoms with van der Waals surface area (Å²) in [5, 5.41) is 13.6. The summed E-state index contributed by atoms with van der Waals surface area (Å²) in [6, 6.07) is 0. The molecular weight excluding hydrogens is 262 g/mol. The number of nitrogens with one attached hydrogen (secondary N) is 1. The van der Waals surface area contributed by atoms with Gasteiger partial charge in [-0.05, 0) is 43.4 Å². The second kappa shape index (κ2) is 8.50. The van der Waals surface area contributed by atoms with E-state index in [1.807, 2.05) is 0 Å². The van der Waals surface area contributed by atoms with Crippen LogP contribution in [0.5, 0.6) is 0 Å². The molecule has 2 rings (SSSR count). The Morgan fingerprint density at radius 2 is 1.90 bits per heavy atom. The van der Waals surface area contributed by atoms with Gasteiger partial charge in [-0.1, -0.05) is 39.5 Å². The molecule has 3 nitrogen and oxygen atoms in total. The second-order valence-corrected chi connectivity index (χ2v) is 7.48. The van der Waals surface area contributed by atoms with E-state index >= 15 is 0 Å². The van der Waals surface area contributed by atoms with E-state index < -0.39 is 0 Å². The number of ether oxygens (including phenoxy) is 1. The Morgan fingerprint density at radius 3 is 2.57 bits per heavy atom. The molecule has 21 heavy (non-hydrogen) atoms. The van der Waals surface area contributed by atoms with Crippen LogP contribution in [0.25, 0.3) is 0 Å². The van der Waals surface area contributed by atoms with Crippen LogP contribution in [-0.4, -0.2) is 37.0 Å². The van der Waals surface area contributed by atoms with E-state index in [2.05, 4.69) is 19.2 Å². The molecule has 3 unspecified atom stereocenters. The van der Waals surface area contributed by atoms with Gasteiger partial charge in [-0.25, -0.2) is 0 Å². The normalized spacial score (nSPS) is 30.4. The van der Waals surface area contributed by atoms with Gasteiger partial charge in [-0.3, -0.25) is 0 Å². The molecule has 0 aromatic heterocycles. The molecule has 0 radical (unpaired) electrons. The van der Waals surface area contributed by atoms with Crippen LogP contribution in [0.3, 0.4) is 0 Å². The predicted octanol–water partition coefficient (Wildman–Crippen LogP) is 3.50. The van der Waals surface area contributed by atoms with Gasteiger partial charge in [0.15, 0.2) is 0 Å². The molecule has 3 atom stereocenters. The Labute approximate surface area is 130 Å². The van der Waals surface area contributed by atoms with Crippen molar-refractivity contribution >= 4 is 0 Å². The van der Waals surface area contributed by atoms with Crippen molar-refractivity contribution < 1.29 is 9.84 Å². The first kappa shape index (κ1) is 17.2. The largest absolute Gasteiger partial charge is 0.389 e. The lowest BCUT2D eigenvalue weighted by molar-refractivity contribution is -0.0455. The molecule has 0 heterocycles. The Bertz CT molecular complexity index is 289. The minimum Gasteiger partial charge on any atom is -0.389 e. The SMILES string of the molecule is CCC1(CNCC(O)COC2CCCCC2C)CCCC1. The fourth-order valence-electron chi connectivity index (χ4n) is 4.11. The van der Waals surface area contributed by atoms with Crippen LogP contribution in [0.1, 0.15) is 71.6 Å². The molecule has 2 aliphatic carbocycles. The zero-order valence-corrected chi connectivity index (χ0v) is 14.1. The quantitative estimate of drug-likeness (QED) is 0.720. The van der Waals surface area contributed by atoms with Gasteiger partial charge >= 0.3 is 0 Å². The molecule has 2 aliphatic rings. The minimum atomic E-state index is -0.366. The van der Waals surface area contributed by atoms with E-state index in [4.69, 9.17) is 4.74 Å². The lowest BCUT2D eigenvalue weighted by Crippen LogP contribution is -2.39. The van der Waals surface area contributed by atoms with Crippen molar-refractivity contribution in [2.45, 2.75) is 83.8 Å². The maximum Gasteiger partial charge on any atom is 0.0897 e. The molecule has 3 heteroatoms. The summed E-state index contributed by atoms with van der Waals surface area (Å²) in [5.41, 5.74) is 0.498. The van der Waals surface area contributed by atoms with Crippen molar-refractivity contribution in [2.24, 2.45) is 11.3 Å². The van der Waals surface area contributed by atoms with E-state index in [9.17, 15) is 5.11 Å². The van der Waals surface area contributed by atoms with Crippen molar-refractivity contribution in [1.82, 2.24) is 5.32 Å². The van der Waals surface area contributed by atoms with Crippen molar-refractivity contribution in [1.29, 1.82) is 0 Å². The second-order valence-electron chi connectivity index (χ2n) is 7.48. The third-order valence-corrected chi connectivity index (χ3v) is 5.83. The van der Waals surface area contributed by atoms with Gasteiger partial charge in [0, 0.05) is 13.1 Å². The third kappa shape index (κ3) is 5.22. The van der Waals surface area contributed by atoms with Gasteiger partial charge in [0.1, 0.15) is 0 Å². The molecule has 0 aromatic carbocycles. The molecule has 0 bridgehead atoms. The molecule has 2 N–H and O–H groups in total. The first-order chi connectivity index (χ1) is 10.2. The summed E-state index contributed by atoms with van der Waals surface area (Å²) in [6.45, 7) is 6.79. The highest BCUT2D eigenvalue weighted by Crippen LogP contribution is 2.40. The zero-order chi connectivity index (χ0) is 15.1. The Balaban J connectivity index is 1.60. The topological polar surface area (TPSA) is 41.5 Å². The van der Waals surface area contributed by atoms with E-state index in [1.165, 1.54) is 57.8 Å². The molecule has 2 fully saturated rings. The maximum absolute atomic E-state index is 10.1. The highest BCUT2D eigenvalue weighted by molar-refractivity contribution is 4.85. The third-order valence-electron chi connectivity index (χ3n) is 5.83. The first-order valence-electron chi connectivity index (χ1n) is 9.15. The van der Waals surface area contributed by atoms with Crippen LogP contribution >= 0.6 is 0 Å². The monoisotopic (exact) mass is 297 g/mol. The summed E-state index contributed by atoms with van der Waals surface area (Å²) in [5.74, 6) is 0.653. The molecule has 0 aliphatic heterocycles. The van der Waals surface area contributed by atoms with Crippen LogP contribution in [0.4, 0.5) is 0 Å². The summed E-state index contributed by atoms with van der Waals surface area (Å²) in [7, 11) is 0. The summed E-state index contributed by atoms with van der Waals surface area (Å²) in [4.78, 5) is 0. The summed E-state index contributed by atoms with van der Waals surface area (Å²) < 4.78 is 5.94. The molecule has 0 spiro atoms. The standard InChI is InChI=1S/C18H35NO2/c1-3-18(10-6-7-11-18)14-19-12-16(20)13-21-17-9-5-4-8-15(17)2/h15-17,19-20H,3-14H2,1-2H3. The smallest absolute Gasteiger partial charge is 0.0897 e. The van der Waals surface area contributed by atoms with Crippen molar-refractivity contribution in [3.05, 3.63) is 0 Å². The Morgan fingerprint density at radius 1 is 1.19 bits per heavy atom. The molecule has 2 saturated carbocycles. The average Bonchev–Trinajstić information content (AvgIpc) is 2.96. The molecule has 124 valence electrons. The van der Waals surface area contributed by atoms with Gasteiger partial charge in [-0.2, -0.15) is 0 Å². The van der Waals surface area contributed by atoms with Gasteiger partial charge in [0.25, 0.3) is 0 Å². The predicted molar refractivity (Wildman–Crippen MR) is 87.4 cm³/mol. The highest BCUT2D eigenvalue weighted by atomic mass is 16.5. The summed E-state index contributed by atoms with van der Waals surface area (Å²) >= 11 is 0. The van der Waals surface area contributed by atoms with Crippen LogP contribution in [0.2, 0.25) is 0 Å². The van der Waals surface area contributed by atoms with Crippen molar-refractivity contribution in [3.8, 4) is 0 Å². The van der Waals surface area contributed by atoms with Gasteiger partial charge < -0.3 is 15.2 Å². The number of rotatable bonds is 8. The fourth-order valence-corrected chi connectivity index (χ4v) is 4.11. The average molecular weight is 297 g/mol. The van der Waals surface area contributed by atoms with E-state index in [0.29, 0.717) is 30.6 Å². The molecular formula is C18H35NO2. The van der Waals surface area contributed by atoms with Crippen molar-refractivity contribution in [3.63, 3.8) is 0 Å². The molecule has 0 amide bonds. The zero-order valence-electron chi connectivity index (χ0n) is 14.1. The van der Waals surface area contributed by atoms with Crippen LogP contribution in [0, 0.1) is 11.3 Å². The first-order valence-corrected chi connectivity index (χ1v) is 9.15. The Hall–Kier alpha value is -0.120. The van der Waals surface area contributed by atoms with Gasteiger partial charge in [0.2, 0.25) is 0 Å². The van der Waals surface area contributed by atoms with Crippen molar-refractivity contribution in [2.75, 3.05) is 19.7 Å². The Kier molecular flexibility index (Phi) is 6.97. The van der Waals surface area contributed by atoms with Crippen LogP contribution in [-0.2, 0) is 4.74 Å². The molecule has 0 aromatic rings. The lowest BCUT2D eigenvalue weighted by Gasteiger charge is -2.30. The van der Waals surface area contributed by atoms with Crippen LogP contribution in [0.15, 0.2) is 0 Å². The van der Waals surface area contributed by atoms with Crippen LogP contribution < -0.4 is 5.32 Å². The van der Waals surface area contributed by atoms with Gasteiger partial charge in [0.05, 0.1) is 18.8 Å². The number of hydrogen-bond acceptors (Lipinski definition) is 3. The number of hydrogen-bond donors (Lipinski definition) is 2. The van der Waals surface area contributed by atoms with E-state index in [0.717, 1.165) is 6.54 Å². The van der Waals surface area contributed by atoms with E-state index in [-0.39, 0.29) is 6.10 Å². The van der Waals surface area contributed by atoms with E-state index in [1.54, 1.807) is 0 Å². The molecule has 0 saturated heterocycles. The summed E-state index contributed by atoms with van der Waals surface area (Å²) in [6.07, 6.45) is 11.8. The highest BCUT2D eigenvalue weighted by Gasteiger charge is 2.31. The maximum atomic E-state index is 10.1. The number of aliphatic hydroxyl groups excluding tert-OH is 1. The lowest BCUT2D eigenvalue weighted by atomic mass is 9.83. The minimum absolute atomic E-state index is 0.366. The fraction of sp³-hybridized carbons (Fsp3) is 1.00.